The minimum atomic E-state index is -0.338. The second-order valence-corrected chi connectivity index (χ2v) is 6.08. The van der Waals surface area contributed by atoms with Crippen LogP contribution in [0.5, 0.6) is 5.75 Å². The largest absolute Gasteiger partial charge is 0.488 e. The second kappa shape index (κ2) is 5.91. The Balaban J connectivity index is 1.74. The zero-order chi connectivity index (χ0) is 16.6. The van der Waals surface area contributed by atoms with E-state index < -0.39 is 0 Å². The minimum absolute atomic E-state index is 0.0776. The third kappa shape index (κ3) is 2.99. The second-order valence-electron chi connectivity index (χ2n) is 6.08. The van der Waals surface area contributed by atoms with Crippen LogP contribution in [0.15, 0.2) is 35.1 Å². The standard InChI is InChI=1S/C18H20N2O3/c1-11-8-12(2)19-17(21)16(11)18(22)20(3)10-14-9-13-6-4-5-7-15(13)23-14/h4-8,14H,9-10H2,1-3H3,(H,19,21). The fourth-order valence-electron chi connectivity index (χ4n) is 3.05. The predicted molar refractivity (Wildman–Crippen MR) is 88.1 cm³/mol. The van der Waals surface area contributed by atoms with Crippen LogP contribution in [0.2, 0.25) is 0 Å². The van der Waals surface area contributed by atoms with Gasteiger partial charge in [0.25, 0.3) is 11.5 Å². The molecule has 2 aromatic rings. The number of carbonyl (C=O) groups excluding carboxylic acids is 1. The summed E-state index contributed by atoms with van der Waals surface area (Å²) >= 11 is 0. The molecule has 1 aliphatic heterocycles. The zero-order valence-electron chi connectivity index (χ0n) is 13.6. The number of H-pyrrole nitrogens is 1. The van der Waals surface area contributed by atoms with Gasteiger partial charge in [-0.05, 0) is 37.1 Å². The first kappa shape index (κ1) is 15.3. The van der Waals surface area contributed by atoms with E-state index in [1.165, 1.54) is 0 Å². The number of nitrogens with one attached hydrogen (secondary N) is 1. The number of hydrogen-bond donors (Lipinski definition) is 1. The highest BCUT2D eigenvalue weighted by atomic mass is 16.5. The van der Waals surface area contributed by atoms with Crippen LogP contribution in [-0.2, 0) is 6.42 Å². The molecule has 0 radical (unpaired) electrons. The van der Waals surface area contributed by atoms with Gasteiger partial charge in [0, 0.05) is 19.2 Å². The Labute approximate surface area is 134 Å². The molecule has 1 aliphatic rings. The van der Waals surface area contributed by atoms with Crippen LogP contribution in [-0.4, -0.2) is 35.5 Å². The average molecular weight is 312 g/mol. The van der Waals surface area contributed by atoms with Gasteiger partial charge in [-0.25, -0.2) is 0 Å². The van der Waals surface area contributed by atoms with E-state index >= 15 is 0 Å². The summed E-state index contributed by atoms with van der Waals surface area (Å²) in [6.45, 7) is 4.03. The van der Waals surface area contributed by atoms with Gasteiger partial charge in [-0.15, -0.1) is 0 Å². The number of nitrogens with zero attached hydrogens (tertiary/aromatic N) is 1. The molecule has 1 aromatic heterocycles. The van der Waals surface area contributed by atoms with Gasteiger partial charge in [0.05, 0.1) is 6.54 Å². The smallest absolute Gasteiger partial charge is 0.261 e. The average Bonchev–Trinajstić information content (AvgIpc) is 2.88. The van der Waals surface area contributed by atoms with Crippen LogP contribution in [0, 0.1) is 13.8 Å². The van der Waals surface area contributed by atoms with Crippen LogP contribution in [0.25, 0.3) is 0 Å². The molecule has 1 unspecified atom stereocenters. The van der Waals surface area contributed by atoms with Crippen molar-refractivity contribution in [3.63, 3.8) is 0 Å². The lowest BCUT2D eigenvalue weighted by Crippen LogP contribution is -2.39. The maximum atomic E-state index is 12.6. The summed E-state index contributed by atoms with van der Waals surface area (Å²) in [5.74, 6) is 0.603. The van der Waals surface area contributed by atoms with Crippen LogP contribution in [0.1, 0.15) is 27.2 Å². The number of amides is 1. The van der Waals surface area contributed by atoms with Crippen LogP contribution in [0.4, 0.5) is 0 Å². The molecule has 3 rings (SSSR count). The Bertz CT molecular complexity index is 785. The van der Waals surface area contributed by atoms with E-state index in [-0.39, 0.29) is 23.1 Å². The number of ether oxygens (including phenoxy) is 1. The van der Waals surface area contributed by atoms with E-state index in [1.54, 1.807) is 25.8 Å². The molecule has 5 heteroatoms. The van der Waals surface area contributed by atoms with Gasteiger partial charge < -0.3 is 14.6 Å². The number of pyridine rings is 1. The number of hydrogen-bond acceptors (Lipinski definition) is 3. The zero-order valence-corrected chi connectivity index (χ0v) is 13.6. The van der Waals surface area contributed by atoms with Crippen LogP contribution < -0.4 is 10.3 Å². The normalized spacial score (nSPS) is 15.9. The Morgan fingerprint density at radius 3 is 2.78 bits per heavy atom. The van der Waals surface area contributed by atoms with Gasteiger partial charge in [-0.1, -0.05) is 18.2 Å². The lowest BCUT2D eigenvalue weighted by Gasteiger charge is -2.21. The molecule has 0 aliphatic carbocycles. The quantitative estimate of drug-likeness (QED) is 0.943. The fourth-order valence-corrected chi connectivity index (χ4v) is 3.05. The van der Waals surface area contributed by atoms with E-state index in [1.807, 2.05) is 30.3 Å². The van der Waals surface area contributed by atoms with E-state index in [9.17, 15) is 9.59 Å². The molecule has 2 heterocycles. The number of aromatic nitrogens is 1. The van der Waals surface area contributed by atoms with Crippen molar-refractivity contribution in [3.8, 4) is 5.75 Å². The number of rotatable bonds is 3. The summed E-state index contributed by atoms with van der Waals surface area (Å²) in [6, 6.07) is 9.70. The van der Waals surface area contributed by atoms with Gasteiger partial charge in [-0.2, -0.15) is 0 Å². The molecule has 23 heavy (non-hydrogen) atoms. The molecule has 0 bridgehead atoms. The molecule has 1 atom stereocenters. The van der Waals surface area contributed by atoms with Gasteiger partial charge in [0.1, 0.15) is 17.4 Å². The molecular formula is C18H20N2O3. The highest BCUT2D eigenvalue weighted by Gasteiger charge is 2.26. The molecule has 0 saturated carbocycles. The third-order valence-electron chi connectivity index (χ3n) is 4.12. The van der Waals surface area contributed by atoms with E-state index in [4.69, 9.17) is 4.74 Å². The molecule has 1 amide bonds. The van der Waals surface area contributed by atoms with Crippen molar-refractivity contribution in [2.45, 2.75) is 26.4 Å². The maximum Gasteiger partial charge on any atom is 0.261 e. The summed E-state index contributed by atoms with van der Waals surface area (Å²) in [6.07, 6.45) is 0.697. The fraction of sp³-hybridized carbons (Fsp3) is 0.333. The molecule has 0 saturated heterocycles. The number of carbonyl (C=O) groups is 1. The minimum Gasteiger partial charge on any atom is -0.488 e. The van der Waals surface area contributed by atoms with Crippen molar-refractivity contribution in [3.05, 3.63) is 63.1 Å². The highest BCUT2D eigenvalue weighted by molar-refractivity contribution is 5.95. The van der Waals surface area contributed by atoms with Crippen molar-refractivity contribution in [1.29, 1.82) is 0 Å². The number of aryl methyl sites for hydroxylation is 2. The van der Waals surface area contributed by atoms with Crippen molar-refractivity contribution >= 4 is 5.91 Å². The number of para-hydroxylation sites is 1. The molecule has 1 N–H and O–H groups in total. The van der Waals surface area contributed by atoms with E-state index in [0.29, 0.717) is 12.1 Å². The highest BCUT2D eigenvalue weighted by Crippen LogP contribution is 2.28. The topological polar surface area (TPSA) is 62.4 Å². The summed E-state index contributed by atoms with van der Waals surface area (Å²) in [4.78, 5) is 28.9. The summed E-state index contributed by atoms with van der Waals surface area (Å²) < 4.78 is 5.86. The molecule has 0 fully saturated rings. The van der Waals surface area contributed by atoms with Crippen molar-refractivity contribution in [2.75, 3.05) is 13.6 Å². The van der Waals surface area contributed by atoms with Crippen LogP contribution >= 0.6 is 0 Å². The lowest BCUT2D eigenvalue weighted by atomic mass is 10.1. The van der Waals surface area contributed by atoms with E-state index in [2.05, 4.69) is 4.98 Å². The van der Waals surface area contributed by atoms with Gasteiger partial charge in [0.15, 0.2) is 0 Å². The molecule has 0 spiro atoms. The van der Waals surface area contributed by atoms with E-state index in [0.717, 1.165) is 23.4 Å². The first-order valence-electron chi connectivity index (χ1n) is 7.66. The molecular weight excluding hydrogens is 292 g/mol. The molecule has 120 valence electrons. The van der Waals surface area contributed by atoms with Gasteiger partial charge in [-0.3, -0.25) is 9.59 Å². The maximum absolute atomic E-state index is 12.6. The Morgan fingerprint density at radius 2 is 2.09 bits per heavy atom. The first-order valence-corrected chi connectivity index (χ1v) is 7.66. The Hall–Kier alpha value is -2.56. The predicted octanol–water partition coefficient (Wildman–Crippen LogP) is 2.07. The SMILES string of the molecule is Cc1cc(C)c(C(=O)N(C)CC2Cc3ccccc3O2)c(=O)[nH]1. The summed E-state index contributed by atoms with van der Waals surface area (Å²) in [5.41, 5.74) is 2.46. The van der Waals surface area contributed by atoms with Gasteiger partial charge >= 0.3 is 0 Å². The van der Waals surface area contributed by atoms with Gasteiger partial charge in [0.2, 0.25) is 0 Å². The first-order chi connectivity index (χ1) is 11.0. The number of fused-ring (bicyclic) bond motifs is 1. The molecule has 5 nitrogen and oxygen atoms in total. The Morgan fingerprint density at radius 1 is 1.35 bits per heavy atom. The van der Waals surface area contributed by atoms with Crippen molar-refractivity contribution < 1.29 is 9.53 Å². The molecule has 1 aromatic carbocycles. The Kier molecular flexibility index (Phi) is 3.94. The monoisotopic (exact) mass is 312 g/mol. The van der Waals surface area contributed by atoms with Crippen molar-refractivity contribution in [2.24, 2.45) is 0 Å². The summed E-state index contributed by atoms with van der Waals surface area (Å²) in [5, 5.41) is 0. The number of likely N-dealkylation sites (N-methyl/N-ethyl adjacent to an activating group) is 1. The lowest BCUT2D eigenvalue weighted by molar-refractivity contribution is 0.0728. The summed E-state index contributed by atoms with van der Waals surface area (Å²) in [7, 11) is 1.70. The van der Waals surface area contributed by atoms with Crippen LogP contribution in [0.3, 0.4) is 0 Å². The third-order valence-corrected chi connectivity index (χ3v) is 4.12. The number of aromatic amines is 1. The van der Waals surface area contributed by atoms with Crippen molar-refractivity contribution in [1.82, 2.24) is 9.88 Å². The number of benzene rings is 1.